The smallest absolute Gasteiger partial charge is 0.0481 e. The Hall–Kier alpha value is -0.860. The normalized spacial score (nSPS) is 29.1. The Balaban J connectivity index is 1.88. The van der Waals surface area contributed by atoms with E-state index >= 15 is 0 Å². The minimum Gasteiger partial charge on any atom is -0.297 e. The van der Waals surface area contributed by atoms with Gasteiger partial charge in [-0.2, -0.15) is 0 Å². The van der Waals surface area contributed by atoms with Crippen molar-refractivity contribution in [2.45, 2.75) is 57.7 Å². The van der Waals surface area contributed by atoms with Crippen LogP contribution in [0, 0.1) is 0 Å². The van der Waals surface area contributed by atoms with Gasteiger partial charge in [-0.05, 0) is 45.7 Å². The second-order valence-electron chi connectivity index (χ2n) is 7.39. The van der Waals surface area contributed by atoms with Gasteiger partial charge in [0.1, 0.15) is 0 Å². The maximum atomic E-state index is 2.74. The van der Waals surface area contributed by atoms with Crippen LogP contribution in [0.4, 0.5) is 0 Å². The molecule has 0 bridgehead atoms. The van der Waals surface area contributed by atoms with Crippen LogP contribution in [0.5, 0.6) is 0 Å². The lowest BCUT2D eigenvalue weighted by Gasteiger charge is -2.53. The average Bonchev–Trinajstić information content (AvgIpc) is 2.46. The first kappa shape index (κ1) is 14.1. The molecule has 1 aromatic carbocycles. The summed E-state index contributed by atoms with van der Waals surface area (Å²) in [5.74, 6) is 0. The van der Waals surface area contributed by atoms with Crippen molar-refractivity contribution in [3.63, 3.8) is 0 Å². The first-order valence-electron chi connectivity index (χ1n) is 8.11. The zero-order valence-electron chi connectivity index (χ0n) is 13.2. The van der Waals surface area contributed by atoms with Crippen LogP contribution in [0.15, 0.2) is 30.3 Å². The van der Waals surface area contributed by atoms with Crippen molar-refractivity contribution in [1.82, 2.24) is 9.80 Å². The van der Waals surface area contributed by atoms with E-state index in [1.807, 2.05) is 0 Å². The third-order valence-electron chi connectivity index (χ3n) is 4.99. The number of hydrogen-bond donors (Lipinski definition) is 0. The monoisotopic (exact) mass is 272 g/mol. The van der Waals surface area contributed by atoms with Crippen molar-refractivity contribution in [3.05, 3.63) is 35.9 Å². The van der Waals surface area contributed by atoms with Gasteiger partial charge in [0.15, 0.2) is 0 Å². The molecule has 2 nitrogen and oxygen atoms in total. The highest BCUT2D eigenvalue weighted by atomic mass is 15.3. The largest absolute Gasteiger partial charge is 0.297 e. The van der Waals surface area contributed by atoms with Gasteiger partial charge in [-0.25, -0.2) is 0 Å². The summed E-state index contributed by atoms with van der Waals surface area (Å²) in [6, 6.07) is 12.4. The first-order valence-corrected chi connectivity index (χ1v) is 8.11. The lowest BCUT2D eigenvalue weighted by atomic mass is 9.89. The summed E-state index contributed by atoms with van der Waals surface area (Å²) in [5.41, 5.74) is 1.72. The van der Waals surface area contributed by atoms with Crippen LogP contribution in [0.25, 0.3) is 0 Å². The summed E-state index contributed by atoms with van der Waals surface area (Å²) in [4.78, 5) is 5.47. The molecule has 3 rings (SSSR count). The molecule has 0 radical (unpaired) electrons. The third kappa shape index (κ3) is 2.77. The van der Waals surface area contributed by atoms with Crippen LogP contribution >= 0.6 is 0 Å². The van der Waals surface area contributed by atoms with E-state index in [2.05, 4.69) is 60.9 Å². The molecule has 0 spiro atoms. The molecule has 0 aromatic heterocycles. The van der Waals surface area contributed by atoms with Crippen LogP contribution in [0.2, 0.25) is 0 Å². The Morgan fingerprint density at radius 2 is 1.75 bits per heavy atom. The van der Waals surface area contributed by atoms with Gasteiger partial charge in [0, 0.05) is 30.7 Å². The molecular formula is C18H28N2. The summed E-state index contributed by atoms with van der Waals surface area (Å²) in [6.45, 7) is 10.8. The number of benzene rings is 1. The molecule has 2 saturated heterocycles. The average molecular weight is 272 g/mol. The highest BCUT2D eigenvalue weighted by molar-refractivity contribution is 5.21. The van der Waals surface area contributed by atoms with E-state index in [0.29, 0.717) is 6.04 Å². The predicted molar refractivity (Wildman–Crippen MR) is 84.9 cm³/mol. The summed E-state index contributed by atoms with van der Waals surface area (Å²) < 4.78 is 0. The van der Waals surface area contributed by atoms with Crippen LogP contribution < -0.4 is 0 Å². The van der Waals surface area contributed by atoms with Crippen molar-refractivity contribution in [1.29, 1.82) is 0 Å². The third-order valence-corrected chi connectivity index (χ3v) is 4.99. The molecule has 110 valence electrons. The molecule has 2 aliphatic heterocycles. The van der Waals surface area contributed by atoms with Gasteiger partial charge >= 0.3 is 0 Å². The van der Waals surface area contributed by atoms with Crippen molar-refractivity contribution < 1.29 is 0 Å². The molecular weight excluding hydrogens is 244 g/mol. The molecule has 0 amide bonds. The van der Waals surface area contributed by atoms with Crippen molar-refractivity contribution in [2.75, 3.05) is 19.6 Å². The highest BCUT2D eigenvalue weighted by Gasteiger charge is 2.39. The fourth-order valence-corrected chi connectivity index (χ4v) is 3.88. The summed E-state index contributed by atoms with van der Waals surface area (Å²) in [5, 5.41) is 0. The van der Waals surface area contributed by atoms with E-state index in [9.17, 15) is 0 Å². The molecule has 0 aliphatic carbocycles. The number of piperazine rings is 1. The Labute approximate surface area is 123 Å². The first-order chi connectivity index (χ1) is 9.55. The Morgan fingerprint density at radius 3 is 2.45 bits per heavy atom. The zero-order valence-corrected chi connectivity index (χ0v) is 13.2. The van der Waals surface area contributed by atoms with Gasteiger partial charge in [-0.15, -0.1) is 0 Å². The number of fused-ring (bicyclic) bond motifs is 1. The number of rotatable bonds is 1. The van der Waals surface area contributed by atoms with E-state index in [0.717, 1.165) is 6.04 Å². The van der Waals surface area contributed by atoms with E-state index in [-0.39, 0.29) is 5.54 Å². The van der Waals surface area contributed by atoms with Gasteiger partial charge in [-0.1, -0.05) is 36.8 Å². The molecule has 2 fully saturated rings. The standard InChI is InChI=1S/C18H28N2/c1-18(2,3)20-13-16-11-7-8-12-19(16)14-17(20)15-9-5-4-6-10-15/h4-6,9-10,16-17H,7-8,11-14H2,1-3H3. The SMILES string of the molecule is CC(C)(C)N1CC2CCCCN2CC1c1ccccc1. The van der Waals surface area contributed by atoms with Crippen molar-refractivity contribution >= 4 is 0 Å². The van der Waals surface area contributed by atoms with Crippen LogP contribution in [-0.2, 0) is 0 Å². The lowest BCUT2D eigenvalue weighted by molar-refractivity contribution is -0.0373. The fraction of sp³-hybridized carbons (Fsp3) is 0.667. The van der Waals surface area contributed by atoms with Crippen molar-refractivity contribution in [3.8, 4) is 0 Å². The maximum Gasteiger partial charge on any atom is 0.0481 e. The van der Waals surface area contributed by atoms with Gasteiger partial charge in [0.25, 0.3) is 0 Å². The lowest BCUT2D eigenvalue weighted by Crippen LogP contribution is -2.60. The summed E-state index contributed by atoms with van der Waals surface area (Å²) >= 11 is 0. The molecule has 2 aliphatic rings. The minimum atomic E-state index is 0.240. The molecule has 2 heterocycles. The van der Waals surface area contributed by atoms with E-state index in [1.54, 1.807) is 0 Å². The highest BCUT2D eigenvalue weighted by Crippen LogP contribution is 2.36. The zero-order chi connectivity index (χ0) is 14.2. The van der Waals surface area contributed by atoms with Crippen LogP contribution in [0.1, 0.15) is 51.6 Å². The predicted octanol–water partition coefficient (Wildman–Crippen LogP) is 3.70. The molecule has 0 N–H and O–H groups in total. The Morgan fingerprint density at radius 1 is 1.00 bits per heavy atom. The van der Waals surface area contributed by atoms with Gasteiger partial charge in [0.2, 0.25) is 0 Å². The quantitative estimate of drug-likeness (QED) is 0.769. The topological polar surface area (TPSA) is 6.48 Å². The van der Waals surface area contributed by atoms with Crippen LogP contribution in [-0.4, -0.2) is 41.0 Å². The molecule has 2 atom stereocenters. The molecule has 2 unspecified atom stereocenters. The van der Waals surface area contributed by atoms with Gasteiger partial charge < -0.3 is 0 Å². The number of piperidine rings is 1. The Kier molecular flexibility index (Phi) is 3.87. The number of hydrogen-bond acceptors (Lipinski definition) is 2. The fourth-order valence-electron chi connectivity index (χ4n) is 3.88. The molecule has 20 heavy (non-hydrogen) atoms. The second-order valence-corrected chi connectivity index (χ2v) is 7.39. The number of nitrogens with zero attached hydrogens (tertiary/aromatic N) is 2. The van der Waals surface area contributed by atoms with Crippen molar-refractivity contribution in [2.24, 2.45) is 0 Å². The minimum absolute atomic E-state index is 0.240. The van der Waals surface area contributed by atoms with Gasteiger partial charge in [-0.3, -0.25) is 9.80 Å². The van der Waals surface area contributed by atoms with Gasteiger partial charge in [0.05, 0.1) is 0 Å². The maximum absolute atomic E-state index is 2.74. The Bertz CT molecular complexity index is 434. The van der Waals surface area contributed by atoms with E-state index in [4.69, 9.17) is 0 Å². The van der Waals surface area contributed by atoms with E-state index in [1.165, 1.54) is 44.5 Å². The molecule has 1 aromatic rings. The van der Waals surface area contributed by atoms with E-state index < -0.39 is 0 Å². The molecule has 2 heteroatoms. The summed E-state index contributed by atoms with van der Waals surface area (Å²) in [7, 11) is 0. The molecule has 0 saturated carbocycles. The van der Waals surface area contributed by atoms with Crippen LogP contribution in [0.3, 0.4) is 0 Å². The second kappa shape index (κ2) is 5.50. The summed E-state index contributed by atoms with van der Waals surface area (Å²) in [6.07, 6.45) is 4.18.